The Morgan fingerprint density at radius 2 is 2.15 bits per heavy atom. The SMILES string of the molecule is NCC#Cc1ccccc1S(=O)(=O)N1CCCC(O)C1. The van der Waals surface area contributed by atoms with Gasteiger partial charge in [0.25, 0.3) is 0 Å². The lowest BCUT2D eigenvalue weighted by atomic mass is 10.1. The smallest absolute Gasteiger partial charge is 0.244 e. The van der Waals surface area contributed by atoms with E-state index in [1.807, 2.05) is 0 Å². The van der Waals surface area contributed by atoms with Crippen molar-refractivity contribution in [3.8, 4) is 11.8 Å². The third kappa shape index (κ3) is 3.19. The maximum absolute atomic E-state index is 12.6. The Morgan fingerprint density at radius 3 is 2.85 bits per heavy atom. The molecule has 0 bridgehead atoms. The minimum Gasteiger partial charge on any atom is -0.392 e. The number of rotatable bonds is 2. The molecular weight excluding hydrogens is 276 g/mol. The second-order valence-corrected chi connectivity index (χ2v) is 6.57. The molecule has 6 heteroatoms. The maximum Gasteiger partial charge on any atom is 0.244 e. The zero-order valence-corrected chi connectivity index (χ0v) is 11.9. The molecule has 1 aromatic carbocycles. The maximum atomic E-state index is 12.6. The van der Waals surface area contributed by atoms with Gasteiger partial charge in [0.15, 0.2) is 0 Å². The highest BCUT2D eigenvalue weighted by atomic mass is 32.2. The molecule has 0 spiro atoms. The zero-order chi connectivity index (χ0) is 14.6. The summed E-state index contributed by atoms with van der Waals surface area (Å²) < 4.78 is 26.6. The number of nitrogens with zero attached hydrogens (tertiary/aromatic N) is 1. The molecule has 108 valence electrons. The Balaban J connectivity index is 2.39. The van der Waals surface area contributed by atoms with Crippen LogP contribution < -0.4 is 5.73 Å². The van der Waals surface area contributed by atoms with Crippen LogP contribution in [0.1, 0.15) is 18.4 Å². The lowest BCUT2D eigenvalue weighted by Gasteiger charge is -2.29. The molecule has 2 rings (SSSR count). The molecule has 0 aliphatic carbocycles. The Morgan fingerprint density at radius 1 is 1.40 bits per heavy atom. The lowest BCUT2D eigenvalue weighted by molar-refractivity contribution is 0.108. The van der Waals surface area contributed by atoms with Crippen LogP contribution in [0, 0.1) is 11.8 Å². The fourth-order valence-electron chi connectivity index (χ4n) is 2.22. The molecule has 1 aliphatic heterocycles. The molecule has 20 heavy (non-hydrogen) atoms. The van der Waals surface area contributed by atoms with Gasteiger partial charge < -0.3 is 10.8 Å². The summed E-state index contributed by atoms with van der Waals surface area (Å²) >= 11 is 0. The van der Waals surface area contributed by atoms with E-state index < -0.39 is 16.1 Å². The van der Waals surface area contributed by atoms with Crippen molar-refractivity contribution in [1.29, 1.82) is 0 Å². The molecule has 0 amide bonds. The van der Waals surface area contributed by atoms with Gasteiger partial charge in [0.1, 0.15) is 0 Å². The monoisotopic (exact) mass is 294 g/mol. The third-order valence-electron chi connectivity index (χ3n) is 3.19. The first kappa shape index (κ1) is 15.0. The average molecular weight is 294 g/mol. The Bertz CT molecular complexity index is 631. The van der Waals surface area contributed by atoms with Crippen LogP contribution in [0.15, 0.2) is 29.2 Å². The molecule has 0 aromatic heterocycles. The molecule has 3 N–H and O–H groups in total. The van der Waals surface area contributed by atoms with Gasteiger partial charge in [0.2, 0.25) is 10.0 Å². The number of β-amino-alcohol motifs (C(OH)–C–C–N with tert-alkyl or cyclic N) is 1. The van der Waals surface area contributed by atoms with Gasteiger partial charge in [-0.15, -0.1) is 0 Å². The van der Waals surface area contributed by atoms with E-state index in [1.165, 1.54) is 10.4 Å². The molecule has 1 atom stereocenters. The van der Waals surface area contributed by atoms with Gasteiger partial charge >= 0.3 is 0 Å². The Kier molecular flexibility index (Phi) is 4.78. The summed E-state index contributed by atoms with van der Waals surface area (Å²) in [7, 11) is -3.63. The molecule has 0 saturated carbocycles. The molecule has 0 radical (unpaired) electrons. The molecule has 1 fully saturated rings. The third-order valence-corrected chi connectivity index (χ3v) is 5.11. The summed E-state index contributed by atoms with van der Waals surface area (Å²) in [6.07, 6.45) is 0.707. The lowest BCUT2D eigenvalue weighted by Crippen LogP contribution is -2.42. The van der Waals surface area contributed by atoms with Crippen molar-refractivity contribution in [2.45, 2.75) is 23.8 Å². The van der Waals surface area contributed by atoms with Crippen LogP contribution in [-0.2, 0) is 10.0 Å². The highest BCUT2D eigenvalue weighted by molar-refractivity contribution is 7.89. The highest BCUT2D eigenvalue weighted by Crippen LogP contribution is 2.23. The average Bonchev–Trinajstić information content (AvgIpc) is 2.45. The van der Waals surface area contributed by atoms with Crippen LogP contribution in [0.5, 0.6) is 0 Å². The van der Waals surface area contributed by atoms with E-state index in [1.54, 1.807) is 18.2 Å². The molecule has 1 aliphatic rings. The summed E-state index contributed by atoms with van der Waals surface area (Å²) in [5, 5.41) is 9.65. The van der Waals surface area contributed by atoms with Crippen molar-refractivity contribution in [2.24, 2.45) is 5.73 Å². The van der Waals surface area contributed by atoms with E-state index in [9.17, 15) is 13.5 Å². The second-order valence-electron chi connectivity index (χ2n) is 4.66. The Labute approximate surface area is 119 Å². The first-order valence-corrected chi connectivity index (χ1v) is 7.96. The predicted octanol–water partition coefficient (Wildman–Crippen LogP) is 0.142. The predicted molar refractivity (Wildman–Crippen MR) is 76.4 cm³/mol. The van der Waals surface area contributed by atoms with Crippen molar-refractivity contribution < 1.29 is 13.5 Å². The number of hydrogen-bond acceptors (Lipinski definition) is 4. The molecule has 1 unspecified atom stereocenters. The van der Waals surface area contributed by atoms with Gasteiger partial charge in [-0.3, -0.25) is 0 Å². The topological polar surface area (TPSA) is 83.6 Å². The van der Waals surface area contributed by atoms with Crippen molar-refractivity contribution in [1.82, 2.24) is 4.31 Å². The quantitative estimate of drug-likeness (QED) is 0.760. The summed E-state index contributed by atoms with van der Waals surface area (Å²) in [6, 6.07) is 6.61. The van der Waals surface area contributed by atoms with E-state index in [2.05, 4.69) is 11.8 Å². The number of hydrogen-bond donors (Lipinski definition) is 2. The van der Waals surface area contributed by atoms with E-state index >= 15 is 0 Å². The summed E-state index contributed by atoms with van der Waals surface area (Å²) in [5.74, 6) is 5.46. The highest BCUT2D eigenvalue weighted by Gasteiger charge is 2.30. The van der Waals surface area contributed by atoms with Gasteiger partial charge in [-0.1, -0.05) is 24.0 Å². The van der Waals surface area contributed by atoms with Crippen molar-refractivity contribution in [3.05, 3.63) is 29.8 Å². The van der Waals surface area contributed by atoms with Crippen LogP contribution in [0.25, 0.3) is 0 Å². The number of aliphatic hydroxyl groups excluding tert-OH is 1. The van der Waals surface area contributed by atoms with Gasteiger partial charge in [-0.25, -0.2) is 8.42 Å². The van der Waals surface area contributed by atoms with Gasteiger partial charge in [-0.2, -0.15) is 4.31 Å². The first-order valence-electron chi connectivity index (χ1n) is 6.52. The van der Waals surface area contributed by atoms with Crippen molar-refractivity contribution in [3.63, 3.8) is 0 Å². The molecular formula is C14H18N2O3S. The van der Waals surface area contributed by atoms with Crippen LogP contribution in [-0.4, -0.2) is 43.6 Å². The Hall–Kier alpha value is -1.39. The van der Waals surface area contributed by atoms with E-state index in [0.29, 0.717) is 24.9 Å². The van der Waals surface area contributed by atoms with Gasteiger partial charge in [-0.05, 0) is 25.0 Å². The van der Waals surface area contributed by atoms with Crippen LogP contribution in [0.3, 0.4) is 0 Å². The van der Waals surface area contributed by atoms with E-state index in [4.69, 9.17) is 5.73 Å². The van der Waals surface area contributed by atoms with Crippen molar-refractivity contribution in [2.75, 3.05) is 19.6 Å². The van der Waals surface area contributed by atoms with Crippen molar-refractivity contribution >= 4 is 10.0 Å². The van der Waals surface area contributed by atoms with E-state index in [-0.39, 0.29) is 18.0 Å². The summed E-state index contributed by atoms with van der Waals surface area (Å²) in [6.45, 7) is 0.746. The number of piperidine rings is 1. The number of nitrogens with two attached hydrogens (primary N) is 1. The number of aliphatic hydroxyl groups is 1. The summed E-state index contributed by atoms with van der Waals surface area (Å²) in [5.41, 5.74) is 5.77. The van der Waals surface area contributed by atoms with Crippen LogP contribution >= 0.6 is 0 Å². The van der Waals surface area contributed by atoms with E-state index in [0.717, 1.165) is 0 Å². The van der Waals surface area contributed by atoms with Crippen LogP contribution in [0.4, 0.5) is 0 Å². The summed E-state index contributed by atoms with van der Waals surface area (Å²) in [4.78, 5) is 0.176. The molecule has 1 aromatic rings. The molecule has 1 saturated heterocycles. The second kappa shape index (κ2) is 6.37. The fourth-order valence-corrected chi connectivity index (χ4v) is 3.88. The normalized spacial score (nSPS) is 20.2. The zero-order valence-electron chi connectivity index (χ0n) is 11.1. The fraction of sp³-hybridized carbons (Fsp3) is 0.429. The molecule has 5 nitrogen and oxygen atoms in total. The first-order chi connectivity index (χ1) is 9.55. The standard InChI is InChI=1S/C14H18N2O3S/c15-9-3-6-12-5-1-2-8-14(12)20(18,19)16-10-4-7-13(17)11-16/h1-2,5,8,13,17H,4,7,9-11,15H2. The largest absolute Gasteiger partial charge is 0.392 e. The van der Waals surface area contributed by atoms with Gasteiger partial charge in [0.05, 0.1) is 17.5 Å². The molecule has 1 heterocycles. The van der Waals surface area contributed by atoms with Gasteiger partial charge in [0, 0.05) is 18.7 Å². The minimum absolute atomic E-state index is 0.140. The number of benzene rings is 1. The number of sulfonamides is 1. The minimum atomic E-state index is -3.63. The van der Waals surface area contributed by atoms with Crippen LogP contribution in [0.2, 0.25) is 0 Å².